The van der Waals surface area contributed by atoms with Crippen molar-refractivity contribution in [1.29, 1.82) is 0 Å². The molecule has 2 aromatic carbocycles. The van der Waals surface area contributed by atoms with Crippen molar-refractivity contribution in [2.45, 2.75) is 6.04 Å². The molecule has 1 atom stereocenters. The summed E-state index contributed by atoms with van der Waals surface area (Å²) in [5.74, 6) is -1.08. The zero-order chi connectivity index (χ0) is 15.5. The van der Waals surface area contributed by atoms with E-state index in [1.165, 1.54) is 0 Å². The Labute approximate surface area is 126 Å². The normalized spacial score (nSPS) is 12.0. The summed E-state index contributed by atoms with van der Waals surface area (Å²) in [6.45, 7) is 0. The maximum atomic E-state index is 12.4. The number of carbonyl (C=O) groups excluding carboxylic acids is 2. The van der Waals surface area contributed by atoms with Crippen LogP contribution >= 0.6 is 0 Å². The molecule has 0 aliphatic carbocycles. The number of nitrogens with zero attached hydrogens (tertiary/aromatic N) is 1. The van der Waals surface area contributed by atoms with Crippen LogP contribution in [0, 0.1) is 0 Å². The van der Waals surface area contributed by atoms with Gasteiger partial charge in [0.15, 0.2) is 5.69 Å². The molecule has 1 aromatic heterocycles. The number of benzene rings is 2. The Morgan fingerprint density at radius 1 is 1.05 bits per heavy atom. The molecule has 4 N–H and O–H groups in total. The molecule has 0 unspecified atom stereocenters. The van der Waals surface area contributed by atoms with Gasteiger partial charge in [-0.3, -0.25) is 14.7 Å². The number of H-pyrrole nitrogens is 1. The Bertz CT molecular complexity index is 826. The van der Waals surface area contributed by atoms with Gasteiger partial charge in [-0.2, -0.15) is 5.10 Å². The highest BCUT2D eigenvalue weighted by Gasteiger charge is 2.23. The predicted octanol–water partition coefficient (Wildman–Crippen LogP) is 1.52. The third kappa shape index (κ3) is 2.54. The van der Waals surface area contributed by atoms with E-state index < -0.39 is 17.9 Å². The monoisotopic (exact) mass is 294 g/mol. The molecule has 3 rings (SSSR count). The number of hydrogen-bond acceptors (Lipinski definition) is 3. The number of nitrogens with two attached hydrogens (primary N) is 1. The summed E-state index contributed by atoms with van der Waals surface area (Å²) in [6.07, 6.45) is 0. The van der Waals surface area contributed by atoms with Crippen molar-refractivity contribution >= 4 is 22.7 Å². The van der Waals surface area contributed by atoms with Crippen molar-refractivity contribution in [2.24, 2.45) is 5.73 Å². The number of hydrogen-bond donors (Lipinski definition) is 3. The molecule has 0 fully saturated rings. The number of carbonyl (C=O) groups is 2. The third-order valence-electron chi connectivity index (χ3n) is 3.38. The zero-order valence-electron chi connectivity index (χ0n) is 11.6. The van der Waals surface area contributed by atoms with E-state index in [2.05, 4.69) is 15.5 Å². The van der Waals surface area contributed by atoms with E-state index in [4.69, 9.17) is 5.73 Å². The van der Waals surface area contributed by atoms with Crippen LogP contribution in [0.15, 0.2) is 54.6 Å². The quantitative estimate of drug-likeness (QED) is 0.680. The molecule has 2 amide bonds. The van der Waals surface area contributed by atoms with Crippen LogP contribution in [-0.4, -0.2) is 22.0 Å². The summed E-state index contributed by atoms with van der Waals surface area (Å²) in [4.78, 5) is 24.1. The number of amides is 2. The fraction of sp³-hybridized carbons (Fsp3) is 0.0625. The fourth-order valence-electron chi connectivity index (χ4n) is 2.30. The van der Waals surface area contributed by atoms with Gasteiger partial charge in [0.25, 0.3) is 5.91 Å². The van der Waals surface area contributed by atoms with E-state index >= 15 is 0 Å². The standard InChI is InChI=1S/C16H14N4O2/c17-15(21)13(10-6-2-1-3-7-10)18-16(22)14-11-8-4-5-9-12(11)19-20-14/h1-9,13H,(H2,17,21)(H,18,22)(H,19,20)/t13-/m1/s1. The average molecular weight is 294 g/mol. The van der Waals surface area contributed by atoms with Crippen LogP contribution in [0.25, 0.3) is 10.9 Å². The maximum Gasteiger partial charge on any atom is 0.273 e. The van der Waals surface area contributed by atoms with E-state index in [0.29, 0.717) is 10.9 Å². The molecular formula is C16H14N4O2. The molecule has 0 bridgehead atoms. The molecule has 0 spiro atoms. The lowest BCUT2D eigenvalue weighted by Crippen LogP contribution is -2.37. The van der Waals surface area contributed by atoms with Gasteiger partial charge in [0.1, 0.15) is 6.04 Å². The smallest absolute Gasteiger partial charge is 0.273 e. The SMILES string of the molecule is NC(=O)[C@H](NC(=O)c1n[nH]c2ccccc12)c1ccccc1. The summed E-state index contributed by atoms with van der Waals surface area (Å²) in [6, 6.07) is 15.2. The molecule has 0 saturated carbocycles. The summed E-state index contributed by atoms with van der Waals surface area (Å²) < 4.78 is 0. The maximum absolute atomic E-state index is 12.4. The van der Waals surface area contributed by atoms with Crippen LogP contribution in [0.2, 0.25) is 0 Å². The molecule has 6 heteroatoms. The first-order chi connectivity index (χ1) is 10.7. The minimum atomic E-state index is -0.899. The number of aromatic amines is 1. The number of nitrogens with one attached hydrogen (secondary N) is 2. The van der Waals surface area contributed by atoms with Gasteiger partial charge in [-0.25, -0.2) is 0 Å². The molecule has 3 aromatic rings. The van der Waals surface area contributed by atoms with Gasteiger partial charge in [0.05, 0.1) is 5.52 Å². The van der Waals surface area contributed by atoms with Crippen molar-refractivity contribution in [3.8, 4) is 0 Å². The molecule has 22 heavy (non-hydrogen) atoms. The van der Waals surface area contributed by atoms with Crippen molar-refractivity contribution in [3.05, 3.63) is 65.9 Å². The molecule has 1 heterocycles. The molecule has 110 valence electrons. The first-order valence-electron chi connectivity index (χ1n) is 6.75. The highest BCUT2D eigenvalue weighted by molar-refractivity contribution is 6.06. The zero-order valence-corrected chi connectivity index (χ0v) is 11.6. The van der Waals surface area contributed by atoms with Crippen LogP contribution in [0.4, 0.5) is 0 Å². The summed E-state index contributed by atoms with van der Waals surface area (Å²) in [5.41, 5.74) is 7.02. The Kier molecular flexibility index (Phi) is 3.57. The molecule has 0 aliphatic rings. The minimum Gasteiger partial charge on any atom is -0.368 e. The van der Waals surface area contributed by atoms with Gasteiger partial charge in [0, 0.05) is 5.39 Å². The summed E-state index contributed by atoms with van der Waals surface area (Å²) in [5, 5.41) is 10.1. The number of rotatable bonds is 4. The third-order valence-corrected chi connectivity index (χ3v) is 3.38. The lowest BCUT2D eigenvalue weighted by atomic mass is 10.1. The Hall–Kier alpha value is -3.15. The predicted molar refractivity (Wildman–Crippen MR) is 81.9 cm³/mol. The minimum absolute atomic E-state index is 0.234. The number of fused-ring (bicyclic) bond motifs is 1. The number of para-hydroxylation sites is 1. The van der Waals surface area contributed by atoms with Crippen LogP contribution in [-0.2, 0) is 4.79 Å². The second-order valence-electron chi connectivity index (χ2n) is 4.84. The van der Waals surface area contributed by atoms with Crippen LogP contribution < -0.4 is 11.1 Å². The van der Waals surface area contributed by atoms with E-state index in [0.717, 1.165) is 5.52 Å². The average Bonchev–Trinajstić information content (AvgIpc) is 2.97. The van der Waals surface area contributed by atoms with E-state index in [1.54, 1.807) is 30.3 Å². The molecule has 0 radical (unpaired) electrons. The van der Waals surface area contributed by atoms with Gasteiger partial charge in [-0.1, -0.05) is 48.5 Å². The van der Waals surface area contributed by atoms with Crippen molar-refractivity contribution in [1.82, 2.24) is 15.5 Å². The van der Waals surface area contributed by atoms with Crippen molar-refractivity contribution in [3.63, 3.8) is 0 Å². The number of primary amides is 1. The first kappa shape index (κ1) is 13.8. The van der Waals surface area contributed by atoms with E-state index in [-0.39, 0.29) is 5.69 Å². The highest BCUT2D eigenvalue weighted by Crippen LogP contribution is 2.17. The van der Waals surface area contributed by atoms with Gasteiger partial charge in [-0.05, 0) is 11.6 Å². The van der Waals surface area contributed by atoms with E-state index in [1.807, 2.05) is 24.3 Å². The topological polar surface area (TPSA) is 101 Å². The molecule has 0 saturated heterocycles. The Balaban J connectivity index is 1.90. The van der Waals surface area contributed by atoms with Gasteiger partial charge >= 0.3 is 0 Å². The van der Waals surface area contributed by atoms with Crippen molar-refractivity contribution < 1.29 is 9.59 Å². The Morgan fingerprint density at radius 2 is 1.73 bits per heavy atom. The van der Waals surface area contributed by atoms with Crippen LogP contribution in [0.3, 0.4) is 0 Å². The van der Waals surface area contributed by atoms with Gasteiger partial charge in [0.2, 0.25) is 5.91 Å². The second kappa shape index (κ2) is 5.69. The fourth-order valence-corrected chi connectivity index (χ4v) is 2.30. The largest absolute Gasteiger partial charge is 0.368 e. The summed E-state index contributed by atoms with van der Waals surface area (Å²) in [7, 11) is 0. The first-order valence-corrected chi connectivity index (χ1v) is 6.75. The van der Waals surface area contributed by atoms with E-state index in [9.17, 15) is 9.59 Å². The Morgan fingerprint density at radius 3 is 2.45 bits per heavy atom. The van der Waals surface area contributed by atoms with Gasteiger partial charge < -0.3 is 11.1 Å². The molecular weight excluding hydrogens is 280 g/mol. The lowest BCUT2D eigenvalue weighted by molar-refractivity contribution is -0.120. The number of aromatic nitrogens is 2. The van der Waals surface area contributed by atoms with Crippen molar-refractivity contribution in [2.75, 3.05) is 0 Å². The highest BCUT2D eigenvalue weighted by atomic mass is 16.2. The van der Waals surface area contributed by atoms with Crippen LogP contribution in [0.1, 0.15) is 22.1 Å². The molecule has 6 nitrogen and oxygen atoms in total. The van der Waals surface area contributed by atoms with Gasteiger partial charge in [-0.15, -0.1) is 0 Å². The molecule has 0 aliphatic heterocycles. The van der Waals surface area contributed by atoms with Crippen LogP contribution in [0.5, 0.6) is 0 Å². The lowest BCUT2D eigenvalue weighted by Gasteiger charge is -2.15. The second-order valence-corrected chi connectivity index (χ2v) is 4.84. The summed E-state index contributed by atoms with van der Waals surface area (Å²) >= 11 is 0.